The third kappa shape index (κ3) is 2.25. The summed E-state index contributed by atoms with van der Waals surface area (Å²) in [6, 6.07) is 12.3. The van der Waals surface area contributed by atoms with Gasteiger partial charge >= 0.3 is 0 Å². The molecule has 16 heavy (non-hydrogen) atoms. The van der Waals surface area contributed by atoms with Gasteiger partial charge in [-0.1, -0.05) is 18.2 Å². The lowest BCUT2D eigenvalue weighted by Crippen LogP contribution is -2.12. The van der Waals surface area contributed by atoms with Crippen molar-refractivity contribution in [1.29, 1.82) is 0 Å². The monoisotopic (exact) mass is 276 g/mol. The zero-order valence-corrected chi connectivity index (χ0v) is 10.9. The van der Waals surface area contributed by atoms with E-state index in [0.717, 1.165) is 10.3 Å². The molecule has 0 amide bonds. The predicted molar refractivity (Wildman–Crippen MR) is 71.2 cm³/mol. The number of nitrogens with zero attached hydrogens (tertiary/aromatic N) is 2. The summed E-state index contributed by atoms with van der Waals surface area (Å²) in [5.41, 5.74) is 2.42. The van der Waals surface area contributed by atoms with Crippen molar-refractivity contribution in [3.8, 4) is 0 Å². The Morgan fingerprint density at radius 3 is 2.50 bits per heavy atom. The average Bonchev–Trinajstić information content (AvgIpc) is 2.30. The van der Waals surface area contributed by atoms with Crippen LogP contribution in [0.1, 0.15) is 5.56 Å². The van der Waals surface area contributed by atoms with Crippen molar-refractivity contribution in [3.63, 3.8) is 0 Å². The largest absolute Gasteiger partial charge is 0.329 e. The fourth-order valence-corrected chi connectivity index (χ4v) is 1.86. The first-order valence-electron chi connectivity index (χ1n) is 5.09. The maximum atomic E-state index is 4.37. The summed E-state index contributed by atoms with van der Waals surface area (Å²) in [6.07, 6.45) is 1.81. The molecule has 0 radical (unpaired) electrons. The van der Waals surface area contributed by atoms with Crippen molar-refractivity contribution in [3.05, 3.63) is 52.6 Å². The van der Waals surface area contributed by atoms with E-state index in [0.29, 0.717) is 0 Å². The summed E-state index contributed by atoms with van der Waals surface area (Å²) in [5, 5.41) is 0. The lowest BCUT2D eigenvalue weighted by Gasteiger charge is -2.20. The summed E-state index contributed by atoms with van der Waals surface area (Å²) in [4.78, 5) is 6.46. The zero-order chi connectivity index (χ0) is 11.5. The summed E-state index contributed by atoms with van der Waals surface area (Å²) < 4.78 is 0.995. The Morgan fingerprint density at radius 2 is 1.88 bits per heavy atom. The molecule has 0 aliphatic rings. The van der Waals surface area contributed by atoms with Gasteiger partial charge in [0, 0.05) is 23.4 Å². The molecule has 0 aliphatic carbocycles. The van der Waals surface area contributed by atoms with E-state index in [2.05, 4.69) is 44.9 Å². The van der Waals surface area contributed by atoms with E-state index in [4.69, 9.17) is 0 Å². The predicted octanol–water partition coefficient (Wildman–Crippen LogP) is 3.92. The fourth-order valence-electron chi connectivity index (χ4n) is 1.63. The van der Waals surface area contributed by atoms with Crippen LogP contribution in [0.5, 0.6) is 0 Å². The van der Waals surface area contributed by atoms with Crippen LogP contribution in [-0.4, -0.2) is 12.0 Å². The second kappa shape index (κ2) is 4.66. The van der Waals surface area contributed by atoms with Gasteiger partial charge in [0.25, 0.3) is 0 Å². The summed E-state index contributed by atoms with van der Waals surface area (Å²) in [7, 11) is 2.03. The van der Waals surface area contributed by atoms with Crippen molar-refractivity contribution in [2.24, 2.45) is 0 Å². The molecule has 2 aromatic rings. The second-order valence-electron chi connectivity index (χ2n) is 3.68. The first-order valence-corrected chi connectivity index (χ1v) is 5.88. The van der Waals surface area contributed by atoms with Gasteiger partial charge in [-0.2, -0.15) is 0 Å². The number of benzene rings is 1. The molecule has 0 saturated carbocycles. The highest BCUT2D eigenvalue weighted by Gasteiger charge is 2.06. The van der Waals surface area contributed by atoms with Crippen LogP contribution in [0.4, 0.5) is 11.5 Å². The molecule has 0 bridgehead atoms. The zero-order valence-electron chi connectivity index (χ0n) is 9.31. The number of pyridine rings is 1. The number of halogens is 1. The summed E-state index contributed by atoms with van der Waals surface area (Å²) in [5.74, 6) is 0.942. The van der Waals surface area contributed by atoms with E-state index < -0.39 is 0 Å². The molecule has 0 atom stereocenters. The highest BCUT2D eigenvalue weighted by Crippen LogP contribution is 2.25. The third-order valence-corrected chi connectivity index (χ3v) is 3.00. The van der Waals surface area contributed by atoms with Crippen LogP contribution in [0, 0.1) is 6.92 Å². The molecule has 3 heteroatoms. The number of hydrogen-bond donors (Lipinski definition) is 0. The Balaban J connectivity index is 2.35. The molecule has 1 aromatic carbocycles. The van der Waals surface area contributed by atoms with Crippen LogP contribution < -0.4 is 4.90 Å². The van der Waals surface area contributed by atoms with Crippen LogP contribution >= 0.6 is 15.9 Å². The first kappa shape index (κ1) is 11.1. The van der Waals surface area contributed by atoms with Crippen LogP contribution in [0.2, 0.25) is 0 Å². The molecule has 2 rings (SSSR count). The SMILES string of the molecule is Cc1ccccc1N(C)c1ccc(Br)cn1. The number of hydrogen-bond acceptors (Lipinski definition) is 2. The van der Waals surface area contributed by atoms with Gasteiger partial charge in [-0.15, -0.1) is 0 Å². The van der Waals surface area contributed by atoms with Crippen LogP contribution in [0.25, 0.3) is 0 Å². The topological polar surface area (TPSA) is 16.1 Å². The Morgan fingerprint density at radius 1 is 1.12 bits per heavy atom. The molecule has 0 fully saturated rings. The van der Waals surface area contributed by atoms with E-state index in [1.165, 1.54) is 11.3 Å². The molecule has 1 aromatic heterocycles. The standard InChI is InChI=1S/C13H13BrN2/c1-10-5-3-4-6-12(10)16(2)13-8-7-11(14)9-15-13/h3-9H,1-2H3. The van der Waals surface area contributed by atoms with Gasteiger partial charge in [0.15, 0.2) is 0 Å². The smallest absolute Gasteiger partial charge is 0.132 e. The molecule has 2 nitrogen and oxygen atoms in total. The molecule has 1 heterocycles. The molecule has 0 unspecified atom stereocenters. The number of para-hydroxylation sites is 1. The number of rotatable bonds is 2. The quantitative estimate of drug-likeness (QED) is 0.827. The van der Waals surface area contributed by atoms with Gasteiger partial charge in [0.1, 0.15) is 5.82 Å². The van der Waals surface area contributed by atoms with Gasteiger partial charge in [0.2, 0.25) is 0 Å². The normalized spacial score (nSPS) is 10.2. The number of aromatic nitrogens is 1. The summed E-state index contributed by atoms with van der Waals surface area (Å²) >= 11 is 3.38. The molecule has 0 aliphatic heterocycles. The maximum absolute atomic E-state index is 4.37. The number of anilines is 2. The molecule has 0 saturated heterocycles. The first-order chi connectivity index (χ1) is 7.68. The van der Waals surface area contributed by atoms with E-state index in [1.807, 2.05) is 37.5 Å². The van der Waals surface area contributed by atoms with Gasteiger partial charge < -0.3 is 4.90 Å². The molecular formula is C13H13BrN2. The van der Waals surface area contributed by atoms with Crippen LogP contribution in [0.3, 0.4) is 0 Å². The van der Waals surface area contributed by atoms with E-state index >= 15 is 0 Å². The lowest BCUT2D eigenvalue weighted by atomic mass is 10.2. The fraction of sp³-hybridized carbons (Fsp3) is 0.154. The van der Waals surface area contributed by atoms with Gasteiger partial charge in [-0.05, 0) is 46.6 Å². The van der Waals surface area contributed by atoms with Gasteiger partial charge in [-0.25, -0.2) is 4.98 Å². The van der Waals surface area contributed by atoms with Crippen molar-refractivity contribution in [2.45, 2.75) is 6.92 Å². The van der Waals surface area contributed by atoms with Crippen LogP contribution in [0.15, 0.2) is 47.1 Å². The maximum Gasteiger partial charge on any atom is 0.132 e. The lowest BCUT2D eigenvalue weighted by molar-refractivity contribution is 1.11. The Hall–Kier alpha value is -1.35. The number of aryl methyl sites for hydroxylation is 1. The Bertz CT molecular complexity index is 480. The minimum atomic E-state index is 0.942. The van der Waals surface area contributed by atoms with E-state index in [-0.39, 0.29) is 0 Å². The van der Waals surface area contributed by atoms with Gasteiger partial charge in [-0.3, -0.25) is 0 Å². The van der Waals surface area contributed by atoms with Crippen LogP contribution in [-0.2, 0) is 0 Å². The van der Waals surface area contributed by atoms with Gasteiger partial charge in [0.05, 0.1) is 0 Å². The third-order valence-electron chi connectivity index (χ3n) is 2.53. The van der Waals surface area contributed by atoms with Crippen molar-refractivity contribution in [2.75, 3.05) is 11.9 Å². The van der Waals surface area contributed by atoms with Crippen molar-refractivity contribution >= 4 is 27.4 Å². The highest BCUT2D eigenvalue weighted by atomic mass is 79.9. The molecule has 82 valence electrons. The minimum absolute atomic E-state index is 0.942. The second-order valence-corrected chi connectivity index (χ2v) is 4.60. The highest BCUT2D eigenvalue weighted by molar-refractivity contribution is 9.10. The minimum Gasteiger partial charge on any atom is -0.329 e. The van der Waals surface area contributed by atoms with E-state index in [9.17, 15) is 0 Å². The summed E-state index contributed by atoms with van der Waals surface area (Å²) in [6.45, 7) is 2.10. The average molecular weight is 277 g/mol. The molecule has 0 spiro atoms. The molecular weight excluding hydrogens is 264 g/mol. The van der Waals surface area contributed by atoms with E-state index in [1.54, 1.807) is 0 Å². The van der Waals surface area contributed by atoms with Crippen molar-refractivity contribution in [1.82, 2.24) is 4.98 Å². The Labute approximate surface area is 104 Å². The molecule has 0 N–H and O–H groups in total. The van der Waals surface area contributed by atoms with Crippen molar-refractivity contribution < 1.29 is 0 Å². The Kier molecular flexibility index (Phi) is 3.25.